The van der Waals surface area contributed by atoms with Crippen LogP contribution < -0.4 is 4.74 Å². The number of nitrogens with zero attached hydrogens (tertiary/aromatic N) is 1. The van der Waals surface area contributed by atoms with E-state index < -0.39 is 0 Å². The van der Waals surface area contributed by atoms with Gasteiger partial charge in [-0.2, -0.15) is 0 Å². The summed E-state index contributed by atoms with van der Waals surface area (Å²) in [7, 11) is 1.63. The number of ether oxygens (including phenoxy) is 1. The lowest BCUT2D eigenvalue weighted by atomic mass is 10.2. The fourth-order valence-electron chi connectivity index (χ4n) is 1.36. The van der Waals surface area contributed by atoms with Gasteiger partial charge in [0.05, 0.1) is 18.5 Å². The second-order valence-electron chi connectivity index (χ2n) is 3.70. The third kappa shape index (κ3) is 4.01. The van der Waals surface area contributed by atoms with Gasteiger partial charge >= 0.3 is 0 Å². The quantitative estimate of drug-likeness (QED) is 0.622. The van der Waals surface area contributed by atoms with Crippen molar-refractivity contribution in [3.63, 3.8) is 0 Å². The molecule has 94 valence electrons. The van der Waals surface area contributed by atoms with Crippen LogP contribution in [0.25, 0.3) is 0 Å². The zero-order chi connectivity index (χ0) is 13.4. The lowest BCUT2D eigenvalue weighted by Crippen LogP contribution is -1.95. The van der Waals surface area contributed by atoms with Gasteiger partial charge in [-0.3, -0.25) is 4.99 Å². The van der Waals surface area contributed by atoms with Gasteiger partial charge in [0.2, 0.25) is 0 Å². The lowest BCUT2D eigenvalue weighted by molar-refractivity contribution is 0.414. The molecule has 3 heteroatoms. The van der Waals surface area contributed by atoms with Crippen molar-refractivity contribution in [2.75, 3.05) is 7.11 Å². The predicted molar refractivity (Wildman–Crippen MR) is 76.9 cm³/mol. The molecular formula is C15H18N2O. The summed E-state index contributed by atoms with van der Waals surface area (Å²) < 4.78 is 5.24. The molecule has 0 amide bonds. The van der Waals surface area contributed by atoms with Crippen LogP contribution >= 0.6 is 0 Å². The molecule has 18 heavy (non-hydrogen) atoms. The number of rotatable bonds is 5. The van der Waals surface area contributed by atoms with E-state index in [1.165, 1.54) is 0 Å². The molecule has 3 nitrogen and oxygen atoms in total. The van der Waals surface area contributed by atoms with Crippen LogP contribution in [-0.2, 0) is 0 Å². The van der Waals surface area contributed by atoms with Crippen LogP contribution in [0.15, 0.2) is 53.2 Å². The molecule has 0 radical (unpaired) electrons. The summed E-state index contributed by atoms with van der Waals surface area (Å²) in [4.78, 5) is 4.32. The molecule has 0 fully saturated rings. The summed E-state index contributed by atoms with van der Waals surface area (Å²) in [6.07, 6.45) is 7.30. The van der Waals surface area contributed by atoms with Crippen molar-refractivity contribution in [3.8, 4) is 5.75 Å². The number of allylic oxidation sites excluding steroid dienone is 4. The number of nitrogens with one attached hydrogen (secondary N) is 1. The predicted octanol–water partition coefficient (Wildman–Crippen LogP) is 3.61. The van der Waals surface area contributed by atoms with Gasteiger partial charge < -0.3 is 10.1 Å². The highest BCUT2D eigenvalue weighted by Gasteiger charge is 1.99. The number of para-hydroxylation sites is 1. The maximum Gasteiger partial charge on any atom is 0.127 e. The van der Waals surface area contributed by atoms with Crippen LogP contribution in [0.4, 0.5) is 0 Å². The van der Waals surface area contributed by atoms with Crippen LogP contribution in [0.5, 0.6) is 5.75 Å². The molecule has 0 bridgehead atoms. The summed E-state index contributed by atoms with van der Waals surface area (Å²) in [5, 5.41) is 7.65. The van der Waals surface area contributed by atoms with Gasteiger partial charge in [0.15, 0.2) is 0 Å². The summed E-state index contributed by atoms with van der Waals surface area (Å²) >= 11 is 0. The van der Waals surface area contributed by atoms with E-state index >= 15 is 0 Å². The van der Waals surface area contributed by atoms with Crippen molar-refractivity contribution in [1.82, 2.24) is 0 Å². The van der Waals surface area contributed by atoms with Crippen LogP contribution in [0.1, 0.15) is 19.4 Å². The number of methoxy groups -OCH3 is 1. The molecule has 1 N–H and O–H groups in total. The molecule has 0 aliphatic heterocycles. The minimum Gasteiger partial charge on any atom is -0.496 e. The Morgan fingerprint density at radius 3 is 2.67 bits per heavy atom. The number of hydrogen-bond donors (Lipinski definition) is 1. The Kier molecular flexibility index (Phi) is 5.58. The van der Waals surface area contributed by atoms with Gasteiger partial charge in [-0.05, 0) is 32.1 Å². The maximum atomic E-state index is 7.65. The van der Waals surface area contributed by atoms with Crippen LogP contribution in [0.3, 0.4) is 0 Å². The third-order valence-electron chi connectivity index (χ3n) is 2.31. The number of aliphatic imine (C=N–C) groups is 1. The highest BCUT2D eigenvalue weighted by atomic mass is 16.5. The highest BCUT2D eigenvalue weighted by molar-refractivity contribution is 5.98. The zero-order valence-electron chi connectivity index (χ0n) is 11.0. The average molecular weight is 242 g/mol. The second-order valence-corrected chi connectivity index (χ2v) is 3.70. The highest BCUT2D eigenvalue weighted by Crippen LogP contribution is 2.15. The van der Waals surface area contributed by atoms with Crippen LogP contribution in [0.2, 0.25) is 0 Å². The van der Waals surface area contributed by atoms with E-state index in [0.717, 1.165) is 11.3 Å². The van der Waals surface area contributed by atoms with E-state index in [-0.39, 0.29) is 0 Å². The molecule has 0 aliphatic carbocycles. The molecular weight excluding hydrogens is 224 g/mol. The largest absolute Gasteiger partial charge is 0.496 e. The molecule has 1 aromatic rings. The SMILES string of the molecule is CC=C/C=C(/N=Cc1ccccc1OC)C(C)=N. The molecule has 0 aromatic heterocycles. The molecule has 0 heterocycles. The first-order chi connectivity index (χ1) is 8.69. The first-order valence-electron chi connectivity index (χ1n) is 5.74. The Morgan fingerprint density at radius 1 is 1.33 bits per heavy atom. The van der Waals surface area contributed by atoms with Crippen LogP contribution in [-0.4, -0.2) is 19.0 Å². The van der Waals surface area contributed by atoms with Gasteiger partial charge in [-0.25, -0.2) is 0 Å². The van der Waals surface area contributed by atoms with Crippen molar-refractivity contribution in [1.29, 1.82) is 5.41 Å². The molecule has 0 atom stereocenters. The molecule has 1 rings (SSSR count). The van der Waals surface area contributed by atoms with Crippen LogP contribution in [0, 0.1) is 5.41 Å². The minimum absolute atomic E-state index is 0.430. The first-order valence-corrected chi connectivity index (χ1v) is 5.74. The van der Waals surface area contributed by atoms with Crippen molar-refractivity contribution in [2.45, 2.75) is 13.8 Å². The molecule has 0 saturated heterocycles. The molecule has 0 saturated carbocycles. The van der Waals surface area contributed by atoms with E-state index in [2.05, 4.69) is 4.99 Å². The monoisotopic (exact) mass is 242 g/mol. The van der Waals surface area contributed by atoms with E-state index in [1.54, 1.807) is 20.2 Å². The summed E-state index contributed by atoms with van der Waals surface area (Å²) in [5.41, 5.74) is 1.96. The Balaban J connectivity index is 2.99. The van der Waals surface area contributed by atoms with E-state index in [4.69, 9.17) is 10.1 Å². The van der Waals surface area contributed by atoms with Gasteiger partial charge in [0, 0.05) is 11.8 Å². The van der Waals surface area contributed by atoms with E-state index in [0.29, 0.717) is 11.4 Å². The van der Waals surface area contributed by atoms with Crippen molar-refractivity contribution < 1.29 is 4.74 Å². The lowest BCUT2D eigenvalue weighted by Gasteiger charge is -2.03. The Bertz CT molecular complexity index is 499. The smallest absolute Gasteiger partial charge is 0.127 e. The van der Waals surface area contributed by atoms with E-state index in [1.807, 2.05) is 49.4 Å². The normalized spacial score (nSPS) is 12.3. The van der Waals surface area contributed by atoms with E-state index in [9.17, 15) is 0 Å². The minimum atomic E-state index is 0.430. The molecule has 0 unspecified atom stereocenters. The Hall–Kier alpha value is -2.16. The first kappa shape index (κ1) is 13.9. The standard InChI is InChI=1S/C15H18N2O/c1-4-5-9-14(12(2)16)17-11-13-8-6-7-10-15(13)18-3/h4-11,16H,1-3H3/b5-4?,14-9+,16-12?,17-11?. The maximum absolute atomic E-state index is 7.65. The fraction of sp³-hybridized carbons (Fsp3) is 0.200. The van der Waals surface area contributed by atoms with Gasteiger partial charge in [0.25, 0.3) is 0 Å². The van der Waals surface area contributed by atoms with Crippen molar-refractivity contribution in [2.24, 2.45) is 4.99 Å². The zero-order valence-corrected chi connectivity index (χ0v) is 11.0. The van der Waals surface area contributed by atoms with Gasteiger partial charge in [-0.15, -0.1) is 0 Å². The van der Waals surface area contributed by atoms with Crippen molar-refractivity contribution in [3.05, 3.63) is 53.8 Å². The number of benzene rings is 1. The summed E-state index contributed by atoms with van der Waals surface area (Å²) in [5.74, 6) is 0.772. The topological polar surface area (TPSA) is 45.4 Å². The number of hydrogen-bond acceptors (Lipinski definition) is 3. The van der Waals surface area contributed by atoms with Gasteiger partial charge in [-0.1, -0.05) is 24.3 Å². The third-order valence-corrected chi connectivity index (χ3v) is 2.31. The molecule has 0 spiro atoms. The molecule has 1 aromatic carbocycles. The summed E-state index contributed by atoms with van der Waals surface area (Å²) in [6, 6.07) is 7.65. The van der Waals surface area contributed by atoms with Crippen molar-refractivity contribution >= 4 is 11.9 Å². The van der Waals surface area contributed by atoms with Gasteiger partial charge in [0.1, 0.15) is 5.75 Å². The average Bonchev–Trinajstić information content (AvgIpc) is 2.38. The Morgan fingerprint density at radius 2 is 2.06 bits per heavy atom. The fourth-order valence-corrected chi connectivity index (χ4v) is 1.36. The second kappa shape index (κ2) is 7.22. The summed E-state index contributed by atoms with van der Waals surface area (Å²) in [6.45, 7) is 3.65. The molecule has 0 aliphatic rings. The Labute approximate surface area is 108 Å².